The molecule has 0 unspecified atom stereocenters. The zero-order valence-corrected chi connectivity index (χ0v) is 24.3. The summed E-state index contributed by atoms with van der Waals surface area (Å²) in [5, 5.41) is 0.769. The first kappa shape index (κ1) is 26.9. The Bertz CT molecular complexity index is 1360. The molecule has 1 fully saturated rings. The van der Waals surface area contributed by atoms with Crippen LogP contribution in [0.1, 0.15) is 79.8 Å². The number of amides is 1. The van der Waals surface area contributed by atoms with Gasteiger partial charge in [0.2, 0.25) is 10.0 Å². The number of carbonyl (C=O) groups excluding carboxylic acids is 1. The first-order valence-electron chi connectivity index (χ1n) is 14.6. The van der Waals surface area contributed by atoms with Gasteiger partial charge >= 0.3 is 0 Å². The lowest BCUT2D eigenvalue weighted by Gasteiger charge is -2.45. The Labute approximate surface area is 237 Å². The van der Waals surface area contributed by atoms with Gasteiger partial charge in [-0.25, -0.2) is 13.1 Å². The molecule has 2 aromatic rings. The van der Waals surface area contributed by atoms with Crippen molar-refractivity contribution in [3.8, 4) is 5.75 Å². The van der Waals surface area contributed by atoms with Gasteiger partial charge in [-0.3, -0.25) is 4.79 Å². The van der Waals surface area contributed by atoms with E-state index in [1.165, 1.54) is 30.4 Å². The molecule has 39 heavy (non-hydrogen) atoms. The van der Waals surface area contributed by atoms with Crippen molar-refractivity contribution in [2.75, 3.05) is 30.3 Å². The molecule has 210 valence electrons. The molecule has 6 rings (SSSR count). The lowest BCUT2D eigenvalue weighted by atomic mass is 9.68. The number of sulfonamides is 1. The van der Waals surface area contributed by atoms with Gasteiger partial charge in [-0.2, -0.15) is 0 Å². The maximum atomic E-state index is 13.1. The van der Waals surface area contributed by atoms with Crippen molar-refractivity contribution in [3.63, 3.8) is 0 Å². The minimum atomic E-state index is -3.70. The zero-order valence-electron chi connectivity index (χ0n) is 22.8. The molecular formula is C31H39ClN2O4S. The van der Waals surface area contributed by atoms with Gasteiger partial charge in [0.25, 0.3) is 5.91 Å². The van der Waals surface area contributed by atoms with E-state index in [1.807, 2.05) is 18.2 Å². The Morgan fingerprint density at radius 1 is 1.03 bits per heavy atom. The molecule has 2 aliphatic heterocycles. The Hall–Kier alpha value is -2.25. The second-order valence-corrected chi connectivity index (χ2v) is 14.7. The highest BCUT2D eigenvalue weighted by atomic mass is 35.5. The van der Waals surface area contributed by atoms with E-state index < -0.39 is 15.9 Å². The third-order valence-electron chi connectivity index (χ3n) is 9.72. The number of aryl methyl sites for hydroxylation is 1. The summed E-state index contributed by atoms with van der Waals surface area (Å²) in [6, 6.07) is 11.7. The molecule has 1 saturated carbocycles. The number of ether oxygens (including phenoxy) is 1. The number of fused-ring (bicyclic) bond motifs is 4. The van der Waals surface area contributed by atoms with Crippen molar-refractivity contribution in [2.24, 2.45) is 17.8 Å². The Kier molecular flexibility index (Phi) is 7.34. The van der Waals surface area contributed by atoms with Crippen LogP contribution in [-0.2, 0) is 21.9 Å². The molecule has 0 radical (unpaired) electrons. The van der Waals surface area contributed by atoms with E-state index in [0.717, 1.165) is 61.7 Å². The molecule has 1 spiro atoms. The molecule has 2 heterocycles. The number of halogens is 1. The summed E-state index contributed by atoms with van der Waals surface area (Å²) in [5.41, 5.74) is 3.70. The predicted molar refractivity (Wildman–Crippen MR) is 155 cm³/mol. The fraction of sp³-hybridized carbons (Fsp3) is 0.581. The Morgan fingerprint density at radius 3 is 2.67 bits per heavy atom. The van der Waals surface area contributed by atoms with E-state index in [1.54, 1.807) is 6.07 Å². The zero-order chi connectivity index (χ0) is 27.2. The van der Waals surface area contributed by atoms with Gasteiger partial charge in [-0.05, 0) is 111 Å². The molecule has 0 aromatic heterocycles. The lowest BCUT2D eigenvalue weighted by molar-refractivity contribution is 0.0981. The van der Waals surface area contributed by atoms with E-state index in [4.69, 9.17) is 16.3 Å². The van der Waals surface area contributed by atoms with Crippen molar-refractivity contribution in [2.45, 2.75) is 70.1 Å². The molecule has 2 aromatic carbocycles. The highest BCUT2D eigenvalue weighted by Gasteiger charge is 2.43. The number of anilines is 1. The fourth-order valence-electron chi connectivity index (χ4n) is 7.31. The molecular weight excluding hydrogens is 532 g/mol. The van der Waals surface area contributed by atoms with Gasteiger partial charge in [0.05, 0.1) is 18.0 Å². The van der Waals surface area contributed by atoms with Crippen molar-refractivity contribution in [3.05, 3.63) is 58.1 Å². The average molecular weight is 571 g/mol. The van der Waals surface area contributed by atoms with E-state index in [9.17, 15) is 13.2 Å². The van der Waals surface area contributed by atoms with Crippen molar-refractivity contribution < 1.29 is 17.9 Å². The van der Waals surface area contributed by atoms with Crippen LogP contribution in [0.5, 0.6) is 5.75 Å². The van der Waals surface area contributed by atoms with Crippen LogP contribution >= 0.6 is 11.6 Å². The third kappa shape index (κ3) is 5.54. The van der Waals surface area contributed by atoms with Crippen LogP contribution in [0.2, 0.25) is 5.02 Å². The van der Waals surface area contributed by atoms with E-state index in [0.29, 0.717) is 36.3 Å². The SMILES string of the molecule is C[C@@H]1CCCS(=O)(=O)NC(=O)c2ccc3c(c2)N(C[C@@H]2CC[C@H]2CC1)C[C@@]1(CCCc2cc(Cl)ccc21)CO3. The fourth-order valence-corrected chi connectivity index (χ4v) is 8.56. The van der Waals surface area contributed by atoms with Crippen LogP contribution < -0.4 is 14.4 Å². The molecule has 2 bridgehead atoms. The first-order valence-corrected chi connectivity index (χ1v) is 16.6. The van der Waals surface area contributed by atoms with Gasteiger partial charge in [-0.15, -0.1) is 0 Å². The molecule has 0 saturated heterocycles. The van der Waals surface area contributed by atoms with Crippen LogP contribution in [0.25, 0.3) is 0 Å². The third-order valence-corrected chi connectivity index (χ3v) is 11.3. The van der Waals surface area contributed by atoms with E-state index in [-0.39, 0.29) is 11.2 Å². The number of hydrogen-bond acceptors (Lipinski definition) is 5. The minimum Gasteiger partial charge on any atom is -0.490 e. The molecule has 1 N–H and O–H groups in total. The summed E-state index contributed by atoms with van der Waals surface area (Å²) in [6.07, 6.45) is 9.36. The van der Waals surface area contributed by atoms with E-state index >= 15 is 0 Å². The molecule has 8 heteroatoms. The summed E-state index contributed by atoms with van der Waals surface area (Å²) >= 11 is 6.39. The van der Waals surface area contributed by atoms with Crippen LogP contribution in [0.4, 0.5) is 5.69 Å². The van der Waals surface area contributed by atoms with Crippen LogP contribution in [0.15, 0.2) is 36.4 Å². The van der Waals surface area contributed by atoms with Gasteiger partial charge in [0, 0.05) is 29.1 Å². The summed E-state index contributed by atoms with van der Waals surface area (Å²) in [7, 11) is -3.70. The number of nitrogens with zero attached hydrogens (tertiary/aromatic N) is 1. The molecule has 1 amide bonds. The molecule has 6 nitrogen and oxygen atoms in total. The predicted octanol–water partition coefficient (Wildman–Crippen LogP) is 6.11. The normalized spacial score (nSPS) is 30.7. The topological polar surface area (TPSA) is 75.7 Å². The summed E-state index contributed by atoms with van der Waals surface area (Å²) in [6.45, 7) is 4.51. The number of rotatable bonds is 0. The number of hydrogen-bond donors (Lipinski definition) is 1. The average Bonchev–Trinajstić information content (AvgIpc) is 3.03. The van der Waals surface area contributed by atoms with Crippen molar-refractivity contribution in [1.29, 1.82) is 0 Å². The van der Waals surface area contributed by atoms with Crippen molar-refractivity contribution >= 4 is 33.2 Å². The number of carbonyl (C=O) groups is 1. The highest BCUT2D eigenvalue weighted by molar-refractivity contribution is 7.90. The Morgan fingerprint density at radius 2 is 1.85 bits per heavy atom. The Balaban J connectivity index is 1.39. The van der Waals surface area contributed by atoms with Gasteiger partial charge < -0.3 is 9.64 Å². The maximum absolute atomic E-state index is 13.1. The molecule has 4 aliphatic rings. The van der Waals surface area contributed by atoms with Gasteiger partial charge in [0.1, 0.15) is 5.75 Å². The first-order chi connectivity index (χ1) is 18.7. The smallest absolute Gasteiger partial charge is 0.264 e. The second kappa shape index (κ2) is 10.6. The number of nitrogens with one attached hydrogen (secondary N) is 1. The highest BCUT2D eigenvalue weighted by Crippen LogP contribution is 2.47. The van der Waals surface area contributed by atoms with Gasteiger partial charge in [0.15, 0.2) is 0 Å². The van der Waals surface area contributed by atoms with Crippen LogP contribution in [0.3, 0.4) is 0 Å². The molecule has 2 aliphatic carbocycles. The minimum absolute atomic E-state index is 0.0265. The number of benzene rings is 2. The van der Waals surface area contributed by atoms with E-state index in [2.05, 4.69) is 28.7 Å². The monoisotopic (exact) mass is 570 g/mol. The van der Waals surface area contributed by atoms with Crippen molar-refractivity contribution in [1.82, 2.24) is 4.72 Å². The summed E-state index contributed by atoms with van der Waals surface area (Å²) < 4.78 is 34.3. The second-order valence-electron chi connectivity index (χ2n) is 12.5. The summed E-state index contributed by atoms with van der Waals surface area (Å²) in [5.74, 6) is 1.94. The standard InChI is InChI=1S/C31H39ClN2O4S/c1-21-4-3-15-39(36,37)33-30(35)24-10-13-29-28(17-24)34(18-25-9-8-22(25)7-6-21)19-31(20-38-29)14-2-5-23-16-26(32)11-12-27(23)31/h10-13,16-17,21-22,25H,2-9,14-15,18-20H2,1H3,(H,33,35)/t21-,22-,25+,31+/m1/s1. The van der Waals surface area contributed by atoms with Crippen LogP contribution in [-0.4, -0.2) is 39.8 Å². The maximum Gasteiger partial charge on any atom is 0.264 e. The largest absolute Gasteiger partial charge is 0.490 e. The van der Waals surface area contributed by atoms with Crippen LogP contribution in [0, 0.1) is 17.8 Å². The van der Waals surface area contributed by atoms with Gasteiger partial charge in [-0.1, -0.05) is 31.0 Å². The lowest BCUT2D eigenvalue weighted by Crippen LogP contribution is -2.48. The quantitative estimate of drug-likeness (QED) is 0.414. The molecule has 4 atom stereocenters. The summed E-state index contributed by atoms with van der Waals surface area (Å²) in [4.78, 5) is 15.6.